The van der Waals surface area contributed by atoms with Crippen LogP contribution in [-0.4, -0.2) is 36.8 Å². The third-order valence-electron chi connectivity index (χ3n) is 3.48. The maximum atomic E-state index is 11.7. The molecule has 15 heavy (non-hydrogen) atoms. The van der Waals surface area contributed by atoms with Gasteiger partial charge in [0.15, 0.2) is 0 Å². The standard InChI is InChI=1S/C10H17NO3S/c1-8-3-4-9(12)7-10(8)11-5-2-6-15(11,13)14/h8,10H,2-7H2,1H3. The Bertz CT molecular complexity index is 363. The molecule has 0 aromatic carbocycles. The van der Waals surface area contributed by atoms with Gasteiger partial charge in [0, 0.05) is 25.4 Å². The zero-order valence-corrected chi connectivity index (χ0v) is 9.79. The highest BCUT2D eigenvalue weighted by atomic mass is 32.2. The average Bonchev–Trinajstić information content (AvgIpc) is 2.50. The van der Waals surface area contributed by atoms with Crippen molar-refractivity contribution in [3.8, 4) is 0 Å². The van der Waals surface area contributed by atoms with Crippen LogP contribution in [0.4, 0.5) is 0 Å². The van der Waals surface area contributed by atoms with Crippen LogP contribution in [0.3, 0.4) is 0 Å². The van der Waals surface area contributed by atoms with Gasteiger partial charge in [-0.1, -0.05) is 6.92 Å². The molecular formula is C10H17NO3S. The Morgan fingerprint density at radius 1 is 1.40 bits per heavy atom. The van der Waals surface area contributed by atoms with Crippen LogP contribution in [0, 0.1) is 5.92 Å². The third kappa shape index (κ3) is 2.08. The summed E-state index contributed by atoms with van der Waals surface area (Å²) >= 11 is 0. The van der Waals surface area contributed by atoms with E-state index in [1.807, 2.05) is 6.92 Å². The Balaban J connectivity index is 2.18. The van der Waals surface area contributed by atoms with E-state index in [0.29, 0.717) is 31.7 Å². The van der Waals surface area contributed by atoms with Crippen LogP contribution in [0.5, 0.6) is 0 Å². The van der Waals surface area contributed by atoms with Crippen molar-refractivity contribution in [2.75, 3.05) is 12.3 Å². The fraction of sp³-hybridized carbons (Fsp3) is 0.900. The Morgan fingerprint density at radius 3 is 2.73 bits per heavy atom. The quantitative estimate of drug-likeness (QED) is 0.670. The van der Waals surface area contributed by atoms with Crippen molar-refractivity contribution in [2.45, 2.75) is 38.6 Å². The highest BCUT2D eigenvalue weighted by Gasteiger charge is 2.39. The van der Waals surface area contributed by atoms with Gasteiger partial charge in [0.25, 0.3) is 0 Å². The molecule has 0 N–H and O–H groups in total. The number of ketones is 1. The van der Waals surface area contributed by atoms with Crippen molar-refractivity contribution >= 4 is 15.8 Å². The fourth-order valence-corrected chi connectivity index (χ4v) is 4.37. The molecule has 1 aliphatic heterocycles. The lowest BCUT2D eigenvalue weighted by Crippen LogP contribution is -2.44. The molecule has 2 unspecified atom stereocenters. The van der Waals surface area contributed by atoms with Gasteiger partial charge in [0.1, 0.15) is 5.78 Å². The van der Waals surface area contributed by atoms with Gasteiger partial charge in [-0.2, -0.15) is 4.31 Å². The monoisotopic (exact) mass is 231 g/mol. The molecule has 2 rings (SSSR count). The number of hydrogen-bond acceptors (Lipinski definition) is 3. The van der Waals surface area contributed by atoms with Crippen LogP contribution < -0.4 is 0 Å². The Morgan fingerprint density at radius 2 is 2.13 bits per heavy atom. The normalized spacial score (nSPS) is 37.0. The molecule has 86 valence electrons. The minimum atomic E-state index is -3.06. The van der Waals surface area contributed by atoms with Gasteiger partial charge < -0.3 is 0 Å². The summed E-state index contributed by atoms with van der Waals surface area (Å²) in [5, 5.41) is 0. The molecule has 1 heterocycles. The van der Waals surface area contributed by atoms with Crippen molar-refractivity contribution < 1.29 is 13.2 Å². The number of rotatable bonds is 1. The molecule has 2 aliphatic rings. The minimum Gasteiger partial charge on any atom is -0.300 e. The largest absolute Gasteiger partial charge is 0.300 e. The smallest absolute Gasteiger partial charge is 0.214 e. The molecule has 0 amide bonds. The number of Topliss-reactive ketones (excluding diaryl/α,β-unsaturated/α-hetero) is 1. The molecule has 1 saturated carbocycles. The van der Waals surface area contributed by atoms with E-state index in [-0.39, 0.29) is 17.6 Å². The molecule has 0 aromatic heterocycles. The van der Waals surface area contributed by atoms with Gasteiger partial charge in [-0.05, 0) is 18.8 Å². The second-order valence-corrected chi connectivity index (χ2v) is 6.65. The molecule has 2 atom stereocenters. The van der Waals surface area contributed by atoms with Gasteiger partial charge >= 0.3 is 0 Å². The topological polar surface area (TPSA) is 54.5 Å². The molecule has 0 radical (unpaired) electrons. The van der Waals surface area contributed by atoms with Crippen molar-refractivity contribution in [3.63, 3.8) is 0 Å². The first-order chi connectivity index (χ1) is 7.00. The maximum absolute atomic E-state index is 11.7. The van der Waals surface area contributed by atoms with Crippen LogP contribution in [-0.2, 0) is 14.8 Å². The van der Waals surface area contributed by atoms with E-state index in [9.17, 15) is 13.2 Å². The minimum absolute atomic E-state index is 0.0706. The molecule has 1 aliphatic carbocycles. The summed E-state index contributed by atoms with van der Waals surface area (Å²) in [4.78, 5) is 11.4. The second kappa shape index (κ2) is 3.87. The van der Waals surface area contributed by atoms with E-state index in [2.05, 4.69) is 0 Å². The second-order valence-electron chi connectivity index (χ2n) is 4.61. The van der Waals surface area contributed by atoms with Crippen molar-refractivity contribution in [1.29, 1.82) is 0 Å². The van der Waals surface area contributed by atoms with Crippen molar-refractivity contribution in [3.05, 3.63) is 0 Å². The Kier molecular flexibility index (Phi) is 2.85. The number of carbonyl (C=O) groups is 1. The van der Waals surface area contributed by atoms with Crippen LogP contribution in [0.1, 0.15) is 32.6 Å². The molecule has 4 nitrogen and oxygen atoms in total. The molecule has 0 aromatic rings. The van der Waals surface area contributed by atoms with Gasteiger partial charge in [0.05, 0.1) is 5.75 Å². The zero-order valence-electron chi connectivity index (χ0n) is 8.98. The van der Waals surface area contributed by atoms with Gasteiger partial charge in [-0.15, -0.1) is 0 Å². The molecule has 5 heteroatoms. The van der Waals surface area contributed by atoms with Crippen molar-refractivity contribution in [2.24, 2.45) is 5.92 Å². The SMILES string of the molecule is CC1CCC(=O)CC1N1CCCS1(=O)=O. The van der Waals surface area contributed by atoms with E-state index in [1.165, 1.54) is 0 Å². The van der Waals surface area contributed by atoms with E-state index < -0.39 is 10.0 Å². The van der Waals surface area contributed by atoms with Gasteiger partial charge in [-0.25, -0.2) is 8.42 Å². The first kappa shape index (κ1) is 11.1. The van der Waals surface area contributed by atoms with Gasteiger partial charge in [-0.3, -0.25) is 4.79 Å². The summed E-state index contributed by atoms with van der Waals surface area (Å²) < 4.78 is 25.0. The summed E-state index contributed by atoms with van der Waals surface area (Å²) in [5.41, 5.74) is 0. The number of sulfonamides is 1. The molecule has 1 saturated heterocycles. The first-order valence-corrected chi connectivity index (χ1v) is 7.13. The highest BCUT2D eigenvalue weighted by molar-refractivity contribution is 7.89. The number of carbonyl (C=O) groups excluding carboxylic acids is 1. The van der Waals surface area contributed by atoms with Crippen LogP contribution in [0.25, 0.3) is 0 Å². The van der Waals surface area contributed by atoms with E-state index in [0.717, 1.165) is 6.42 Å². The molecule has 0 spiro atoms. The van der Waals surface area contributed by atoms with E-state index >= 15 is 0 Å². The molecule has 2 fully saturated rings. The van der Waals surface area contributed by atoms with Crippen molar-refractivity contribution in [1.82, 2.24) is 4.31 Å². The van der Waals surface area contributed by atoms with E-state index in [4.69, 9.17) is 0 Å². The van der Waals surface area contributed by atoms with Crippen LogP contribution in [0.2, 0.25) is 0 Å². The van der Waals surface area contributed by atoms with Crippen LogP contribution in [0.15, 0.2) is 0 Å². The lowest BCUT2D eigenvalue weighted by molar-refractivity contribution is -0.122. The highest BCUT2D eigenvalue weighted by Crippen LogP contribution is 2.30. The predicted octanol–water partition coefficient (Wildman–Crippen LogP) is 0.780. The Hall–Kier alpha value is -0.420. The molecule has 0 bridgehead atoms. The lowest BCUT2D eigenvalue weighted by atomic mass is 9.85. The predicted molar refractivity (Wildman–Crippen MR) is 56.9 cm³/mol. The summed E-state index contributed by atoms with van der Waals surface area (Å²) in [5.74, 6) is 0.778. The lowest BCUT2D eigenvalue weighted by Gasteiger charge is -2.34. The Labute approximate surface area is 90.7 Å². The third-order valence-corrected chi connectivity index (χ3v) is 5.45. The summed E-state index contributed by atoms with van der Waals surface area (Å²) in [7, 11) is -3.06. The van der Waals surface area contributed by atoms with Crippen LogP contribution >= 0.6 is 0 Å². The molecular weight excluding hydrogens is 214 g/mol. The number of hydrogen-bond donors (Lipinski definition) is 0. The summed E-state index contributed by atoms with van der Waals surface area (Å²) in [6.45, 7) is 2.65. The zero-order chi connectivity index (χ0) is 11.1. The first-order valence-electron chi connectivity index (χ1n) is 5.52. The maximum Gasteiger partial charge on any atom is 0.214 e. The number of nitrogens with zero attached hydrogens (tertiary/aromatic N) is 1. The van der Waals surface area contributed by atoms with E-state index in [1.54, 1.807) is 4.31 Å². The summed E-state index contributed by atoms with van der Waals surface area (Å²) in [6.07, 6.45) is 2.57. The fourth-order valence-electron chi connectivity index (χ4n) is 2.53. The summed E-state index contributed by atoms with van der Waals surface area (Å²) in [6, 6.07) is -0.0706. The van der Waals surface area contributed by atoms with Gasteiger partial charge in [0.2, 0.25) is 10.0 Å². The average molecular weight is 231 g/mol.